The van der Waals surface area contributed by atoms with Crippen LogP contribution in [0.15, 0.2) is 36.0 Å². The second-order valence-electron chi connectivity index (χ2n) is 2.31. The topological polar surface area (TPSA) is 0 Å². The minimum atomic E-state index is 1.07. The molecular formula is C10H16. The largest absolute Gasteiger partial charge is 0.0913 e. The Morgan fingerprint density at radius 2 is 1.90 bits per heavy atom. The first-order chi connectivity index (χ1) is 4.81. The zero-order valence-corrected chi connectivity index (χ0v) is 7.09. The lowest BCUT2D eigenvalue weighted by Crippen LogP contribution is -1.69. The standard InChI is InChI=1S/C10H16/c1-4-6-8-10(3)9-7-5-2/h4-8H,9H2,1-3H3. The van der Waals surface area contributed by atoms with Gasteiger partial charge < -0.3 is 0 Å². The monoisotopic (exact) mass is 136 g/mol. The van der Waals surface area contributed by atoms with Gasteiger partial charge in [0.05, 0.1) is 0 Å². The lowest BCUT2D eigenvalue weighted by atomic mass is 10.2. The van der Waals surface area contributed by atoms with E-state index in [0.29, 0.717) is 0 Å². The van der Waals surface area contributed by atoms with Crippen LogP contribution in [0, 0.1) is 0 Å². The minimum Gasteiger partial charge on any atom is -0.0913 e. The number of rotatable bonds is 3. The first-order valence-electron chi connectivity index (χ1n) is 3.71. The van der Waals surface area contributed by atoms with Crippen molar-refractivity contribution in [1.29, 1.82) is 0 Å². The highest BCUT2D eigenvalue weighted by molar-refractivity contribution is 5.12. The summed E-state index contributed by atoms with van der Waals surface area (Å²) in [5.41, 5.74) is 1.40. The van der Waals surface area contributed by atoms with Crippen LogP contribution in [0.4, 0.5) is 0 Å². The zero-order valence-electron chi connectivity index (χ0n) is 7.09. The number of hydrogen-bond acceptors (Lipinski definition) is 0. The molecule has 0 saturated heterocycles. The van der Waals surface area contributed by atoms with Crippen LogP contribution in [-0.4, -0.2) is 0 Å². The summed E-state index contributed by atoms with van der Waals surface area (Å²) in [4.78, 5) is 0. The van der Waals surface area contributed by atoms with Gasteiger partial charge in [0.15, 0.2) is 0 Å². The predicted octanol–water partition coefficient (Wildman–Crippen LogP) is 3.48. The minimum absolute atomic E-state index is 1.07. The SMILES string of the molecule is CC=CC=C(C)CC=CC. The fourth-order valence-corrected chi connectivity index (χ4v) is 0.632. The van der Waals surface area contributed by atoms with Gasteiger partial charge in [0, 0.05) is 0 Å². The van der Waals surface area contributed by atoms with E-state index in [9.17, 15) is 0 Å². The predicted molar refractivity (Wildman–Crippen MR) is 48.0 cm³/mol. The summed E-state index contributed by atoms with van der Waals surface area (Å²) >= 11 is 0. The summed E-state index contributed by atoms with van der Waals surface area (Å²) in [5, 5.41) is 0. The van der Waals surface area contributed by atoms with Crippen LogP contribution >= 0.6 is 0 Å². The summed E-state index contributed by atoms with van der Waals surface area (Å²) in [6.07, 6.45) is 11.6. The van der Waals surface area contributed by atoms with E-state index < -0.39 is 0 Å². The zero-order chi connectivity index (χ0) is 7.82. The Hall–Kier alpha value is -0.780. The van der Waals surface area contributed by atoms with Crippen molar-refractivity contribution in [3.8, 4) is 0 Å². The van der Waals surface area contributed by atoms with Gasteiger partial charge in [-0.1, -0.05) is 36.0 Å². The highest BCUT2D eigenvalue weighted by atomic mass is 13.9. The molecule has 0 aliphatic rings. The van der Waals surface area contributed by atoms with E-state index in [4.69, 9.17) is 0 Å². The van der Waals surface area contributed by atoms with Crippen molar-refractivity contribution in [3.05, 3.63) is 36.0 Å². The van der Waals surface area contributed by atoms with E-state index in [1.54, 1.807) is 0 Å². The van der Waals surface area contributed by atoms with Crippen molar-refractivity contribution in [1.82, 2.24) is 0 Å². The fraction of sp³-hybridized carbons (Fsp3) is 0.400. The number of hydrogen-bond donors (Lipinski definition) is 0. The molecule has 0 heterocycles. The molecule has 0 bridgehead atoms. The molecule has 10 heavy (non-hydrogen) atoms. The molecule has 0 rings (SSSR count). The smallest absolute Gasteiger partial charge is 0.0139 e. The molecule has 0 aliphatic heterocycles. The van der Waals surface area contributed by atoms with E-state index >= 15 is 0 Å². The van der Waals surface area contributed by atoms with Crippen molar-refractivity contribution in [2.45, 2.75) is 27.2 Å². The second kappa shape index (κ2) is 6.34. The Kier molecular flexibility index (Phi) is 5.85. The molecule has 56 valence electrons. The molecule has 0 aliphatic carbocycles. The second-order valence-corrected chi connectivity index (χ2v) is 2.31. The van der Waals surface area contributed by atoms with Crippen LogP contribution in [0.5, 0.6) is 0 Å². The Morgan fingerprint density at radius 3 is 2.40 bits per heavy atom. The van der Waals surface area contributed by atoms with Crippen LogP contribution in [0.1, 0.15) is 27.2 Å². The van der Waals surface area contributed by atoms with Crippen LogP contribution < -0.4 is 0 Å². The lowest BCUT2D eigenvalue weighted by molar-refractivity contribution is 1.21. The average molecular weight is 136 g/mol. The van der Waals surface area contributed by atoms with Gasteiger partial charge in [-0.3, -0.25) is 0 Å². The van der Waals surface area contributed by atoms with E-state index in [-0.39, 0.29) is 0 Å². The Labute approximate surface area is 64.0 Å². The molecule has 0 radical (unpaired) electrons. The molecule has 0 N–H and O–H groups in total. The van der Waals surface area contributed by atoms with Gasteiger partial charge in [-0.25, -0.2) is 0 Å². The highest BCUT2D eigenvalue weighted by Crippen LogP contribution is 2.00. The van der Waals surface area contributed by atoms with Gasteiger partial charge in [0.1, 0.15) is 0 Å². The fourth-order valence-electron chi connectivity index (χ4n) is 0.632. The average Bonchev–Trinajstić information content (AvgIpc) is 1.97. The maximum atomic E-state index is 2.16. The molecule has 0 aromatic rings. The molecule has 0 spiro atoms. The van der Waals surface area contributed by atoms with Gasteiger partial charge in [-0.15, -0.1) is 0 Å². The Balaban J connectivity index is 3.70. The molecule has 0 saturated carbocycles. The first-order valence-corrected chi connectivity index (χ1v) is 3.71. The van der Waals surface area contributed by atoms with Gasteiger partial charge in [0.2, 0.25) is 0 Å². The van der Waals surface area contributed by atoms with E-state index in [1.807, 2.05) is 19.9 Å². The van der Waals surface area contributed by atoms with Crippen molar-refractivity contribution < 1.29 is 0 Å². The summed E-state index contributed by atoms with van der Waals surface area (Å²) in [5.74, 6) is 0. The van der Waals surface area contributed by atoms with Gasteiger partial charge >= 0.3 is 0 Å². The van der Waals surface area contributed by atoms with Crippen molar-refractivity contribution in [2.75, 3.05) is 0 Å². The summed E-state index contributed by atoms with van der Waals surface area (Å²) in [6, 6.07) is 0. The third-order valence-electron chi connectivity index (χ3n) is 1.25. The maximum absolute atomic E-state index is 2.16. The van der Waals surface area contributed by atoms with Crippen LogP contribution in [0.2, 0.25) is 0 Å². The third-order valence-corrected chi connectivity index (χ3v) is 1.25. The van der Waals surface area contributed by atoms with E-state index in [1.165, 1.54) is 5.57 Å². The highest BCUT2D eigenvalue weighted by Gasteiger charge is 1.79. The molecule has 0 fully saturated rings. The summed E-state index contributed by atoms with van der Waals surface area (Å²) < 4.78 is 0. The molecule has 0 unspecified atom stereocenters. The molecule has 0 heteroatoms. The van der Waals surface area contributed by atoms with Gasteiger partial charge in [-0.05, 0) is 27.2 Å². The van der Waals surface area contributed by atoms with E-state index in [2.05, 4.69) is 31.2 Å². The van der Waals surface area contributed by atoms with Gasteiger partial charge in [0.25, 0.3) is 0 Å². The molecule has 0 aromatic heterocycles. The lowest BCUT2D eigenvalue weighted by Gasteiger charge is -1.90. The molecule has 0 aromatic carbocycles. The third kappa shape index (κ3) is 5.36. The Morgan fingerprint density at radius 1 is 1.20 bits per heavy atom. The van der Waals surface area contributed by atoms with Gasteiger partial charge in [-0.2, -0.15) is 0 Å². The number of allylic oxidation sites excluding steroid dienone is 6. The molecule has 0 amide bonds. The molecule has 0 nitrogen and oxygen atoms in total. The first kappa shape index (κ1) is 9.22. The van der Waals surface area contributed by atoms with Crippen molar-refractivity contribution >= 4 is 0 Å². The molecule has 0 atom stereocenters. The van der Waals surface area contributed by atoms with Crippen molar-refractivity contribution in [3.63, 3.8) is 0 Å². The van der Waals surface area contributed by atoms with Crippen molar-refractivity contribution in [2.24, 2.45) is 0 Å². The van der Waals surface area contributed by atoms with Crippen LogP contribution in [0.25, 0.3) is 0 Å². The van der Waals surface area contributed by atoms with Crippen LogP contribution in [0.3, 0.4) is 0 Å². The normalized spacial score (nSPS) is 13.7. The Bertz CT molecular complexity index is 147. The van der Waals surface area contributed by atoms with Crippen LogP contribution in [-0.2, 0) is 0 Å². The maximum Gasteiger partial charge on any atom is -0.0139 e. The molecular weight excluding hydrogens is 120 g/mol. The summed E-state index contributed by atoms with van der Waals surface area (Å²) in [7, 11) is 0. The van der Waals surface area contributed by atoms with E-state index in [0.717, 1.165) is 6.42 Å². The summed E-state index contributed by atoms with van der Waals surface area (Å²) in [6.45, 7) is 6.21. The quantitative estimate of drug-likeness (QED) is 0.411.